The third kappa shape index (κ3) is 2.25. The van der Waals surface area contributed by atoms with E-state index in [1.807, 2.05) is 24.3 Å². The van der Waals surface area contributed by atoms with E-state index < -0.39 is 0 Å². The molecule has 0 saturated carbocycles. The zero-order valence-electron chi connectivity index (χ0n) is 8.92. The first-order chi connectivity index (χ1) is 7.79. The minimum Gasteiger partial charge on any atom is -0.358 e. The first-order valence-electron chi connectivity index (χ1n) is 4.95. The molecule has 0 bridgehead atoms. The van der Waals surface area contributed by atoms with Crippen LogP contribution in [0.15, 0.2) is 36.7 Å². The number of rotatable bonds is 3. The Bertz CT molecular complexity index is 478. The molecule has 0 aliphatic heterocycles. The summed E-state index contributed by atoms with van der Waals surface area (Å²) in [6, 6.07) is 7.48. The van der Waals surface area contributed by atoms with E-state index in [4.69, 9.17) is 0 Å². The molecule has 1 amide bonds. The van der Waals surface area contributed by atoms with Gasteiger partial charge in [0.2, 0.25) is 5.91 Å². The van der Waals surface area contributed by atoms with Gasteiger partial charge in [0.1, 0.15) is 12.2 Å². The third-order valence-corrected chi connectivity index (χ3v) is 2.15. The summed E-state index contributed by atoms with van der Waals surface area (Å²) in [4.78, 5) is 15.3. The van der Waals surface area contributed by atoms with Crippen molar-refractivity contribution in [3.63, 3.8) is 0 Å². The van der Waals surface area contributed by atoms with Gasteiger partial charge in [0, 0.05) is 19.4 Å². The van der Waals surface area contributed by atoms with Crippen LogP contribution in [0, 0.1) is 0 Å². The van der Waals surface area contributed by atoms with Crippen LogP contribution in [0.1, 0.15) is 0 Å². The molecule has 16 heavy (non-hydrogen) atoms. The SMILES string of the molecule is CNC(=O)Cn1ccc(-c2ccccn2)n1. The van der Waals surface area contributed by atoms with E-state index in [1.54, 1.807) is 24.1 Å². The molecule has 2 rings (SSSR count). The Morgan fingerprint density at radius 1 is 1.38 bits per heavy atom. The predicted molar refractivity (Wildman–Crippen MR) is 59.5 cm³/mol. The van der Waals surface area contributed by atoms with Crippen LogP contribution in [0.4, 0.5) is 0 Å². The normalized spacial score (nSPS) is 10.1. The third-order valence-electron chi connectivity index (χ3n) is 2.15. The molecule has 82 valence electrons. The number of nitrogens with zero attached hydrogens (tertiary/aromatic N) is 3. The van der Waals surface area contributed by atoms with Gasteiger partial charge in [-0.2, -0.15) is 5.10 Å². The van der Waals surface area contributed by atoms with Crippen LogP contribution >= 0.6 is 0 Å². The molecule has 2 aromatic heterocycles. The Hall–Kier alpha value is -2.17. The molecule has 0 aliphatic carbocycles. The van der Waals surface area contributed by atoms with E-state index >= 15 is 0 Å². The van der Waals surface area contributed by atoms with Crippen LogP contribution in [-0.4, -0.2) is 27.7 Å². The quantitative estimate of drug-likeness (QED) is 0.821. The van der Waals surface area contributed by atoms with Crippen LogP contribution in [0.2, 0.25) is 0 Å². The van der Waals surface area contributed by atoms with E-state index in [0.29, 0.717) is 0 Å². The summed E-state index contributed by atoms with van der Waals surface area (Å²) in [5.41, 5.74) is 1.57. The molecule has 2 heterocycles. The van der Waals surface area contributed by atoms with Crippen molar-refractivity contribution in [2.45, 2.75) is 6.54 Å². The summed E-state index contributed by atoms with van der Waals surface area (Å²) in [6.07, 6.45) is 3.48. The van der Waals surface area contributed by atoms with Crippen molar-refractivity contribution in [1.29, 1.82) is 0 Å². The number of nitrogens with one attached hydrogen (secondary N) is 1. The number of pyridine rings is 1. The Morgan fingerprint density at radius 2 is 2.25 bits per heavy atom. The molecule has 0 atom stereocenters. The standard InChI is InChI=1S/C11H12N4O/c1-12-11(16)8-15-7-5-10(14-15)9-4-2-3-6-13-9/h2-7H,8H2,1H3,(H,12,16). The summed E-state index contributed by atoms with van der Waals surface area (Å²) in [7, 11) is 1.60. The van der Waals surface area contributed by atoms with Crippen molar-refractivity contribution in [2.24, 2.45) is 0 Å². The maximum absolute atomic E-state index is 11.1. The fourth-order valence-electron chi connectivity index (χ4n) is 1.33. The van der Waals surface area contributed by atoms with Crippen LogP contribution in [-0.2, 0) is 11.3 Å². The number of hydrogen-bond donors (Lipinski definition) is 1. The van der Waals surface area contributed by atoms with Crippen molar-refractivity contribution in [2.75, 3.05) is 7.05 Å². The van der Waals surface area contributed by atoms with E-state index in [-0.39, 0.29) is 12.5 Å². The summed E-state index contributed by atoms with van der Waals surface area (Å²) < 4.78 is 1.59. The molecule has 0 unspecified atom stereocenters. The van der Waals surface area contributed by atoms with E-state index in [1.165, 1.54) is 0 Å². The minimum absolute atomic E-state index is 0.0735. The summed E-state index contributed by atoms with van der Waals surface area (Å²) in [5.74, 6) is -0.0735. The minimum atomic E-state index is -0.0735. The Balaban J connectivity index is 2.17. The van der Waals surface area contributed by atoms with Crippen molar-refractivity contribution in [1.82, 2.24) is 20.1 Å². The zero-order valence-corrected chi connectivity index (χ0v) is 8.92. The molecule has 0 radical (unpaired) electrons. The van der Waals surface area contributed by atoms with Gasteiger partial charge >= 0.3 is 0 Å². The van der Waals surface area contributed by atoms with Gasteiger partial charge in [-0.1, -0.05) is 6.07 Å². The smallest absolute Gasteiger partial charge is 0.241 e. The maximum Gasteiger partial charge on any atom is 0.241 e. The fourth-order valence-corrected chi connectivity index (χ4v) is 1.33. The van der Waals surface area contributed by atoms with Crippen molar-refractivity contribution in [3.8, 4) is 11.4 Å². The molecular formula is C11H12N4O. The highest BCUT2D eigenvalue weighted by molar-refractivity contribution is 5.75. The van der Waals surface area contributed by atoms with Gasteiger partial charge in [-0.3, -0.25) is 14.5 Å². The summed E-state index contributed by atoms with van der Waals surface area (Å²) >= 11 is 0. The molecule has 0 aromatic carbocycles. The lowest BCUT2D eigenvalue weighted by Crippen LogP contribution is -2.23. The number of carbonyl (C=O) groups is 1. The first kappa shape index (κ1) is 10.4. The van der Waals surface area contributed by atoms with Gasteiger partial charge in [0.25, 0.3) is 0 Å². The number of hydrogen-bond acceptors (Lipinski definition) is 3. The topological polar surface area (TPSA) is 59.8 Å². The van der Waals surface area contributed by atoms with Gasteiger partial charge < -0.3 is 5.32 Å². The molecular weight excluding hydrogens is 204 g/mol. The molecule has 0 fully saturated rings. The largest absolute Gasteiger partial charge is 0.358 e. The second-order valence-corrected chi connectivity index (χ2v) is 3.29. The molecule has 0 spiro atoms. The average molecular weight is 216 g/mol. The summed E-state index contributed by atoms with van der Waals surface area (Å²) in [5, 5.41) is 6.81. The second kappa shape index (κ2) is 4.57. The Morgan fingerprint density at radius 3 is 2.94 bits per heavy atom. The van der Waals surface area contributed by atoms with Crippen LogP contribution < -0.4 is 5.32 Å². The second-order valence-electron chi connectivity index (χ2n) is 3.29. The lowest BCUT2D eigenvalue weighted by Gasteiger charge is -1.99. The molecule has 0 aliphatic rings. The van der Waals surface area contributed by atoms with Gasteiger partial charge in [-0.05, 0) is 18.2 Å². The zero-order chi connectivity index (χ0) is 11.4. The number of likely N-dealkylation sites (N-methyl/N-ethyl adjacent to an activating group) is 1. The average Bonchev–Trinajstić information content (AvgIpc) is 2.78. The summed E-state index contributed by atoms with van der Waals surface area (Å²) in [6.45, 7) is 0.226. The lowest BCUT2D eigenvalue weighted by atomic mass is 10.3. The number of carbonyl (C=O) groups excluding carboxylic acids is 1. The molecule has 5 nitrogen and oxygen atoms in total. The Kier molecular flexibility index (Phi) is 2.95. The van der Waals surface area contributed by atoms with Gasteiger partial charge in [0.15, 0.2) is 0 Å². The van der Waals surface area contributed by atoms with Crippen LogP contribution in [0.25, 0.3) is 11.4 Å². The maximum atomic E-state index is 11.1. The number of amides is 1. The van der Waals surface area contributed by atoms with Gasteiger partial charge in [-0.15, -0.1) is 0 Å². The monoisotopic (exact) mass is 216 g/mol. The van der Waals surface area contributed by atoms with Gasteiger partial charge in [-0.25, -0.2) is 0 Å². The van der Waals surface area contributed by atoms with Gasteiger partial charge in [0.05, 0.1) is 5.69 Å². The highest BCUT2D eigenvalue weighted by Crippen LogP contribution is 2.12. The lowest BCUT2D eigenvalue weighted by molar-refractivity contribution is -0.121. The highest BCUT2D eigenvalue weighted by Gasteiger charge is 2.05. The first-order valence-corrected chi connectivity index (χ1v) is 4.95. The van der Waals surface area contributed by atoms with Crippen LogP contribution in [0.3, 0.4) is 0 Å². The molecule has 5 heteroatoms. The highest BCUT2D eigenvalue weighted by atomic mass is 16.1. The fraction of sp³-hybridized carbons (Fsp3) is 0.182. The Labute approximate surface area is 93.1 Å². The van der Waals surface area contributed by atoms with Crippen molar-refractivity contribution in [3.05, 3.63) is 36.7 Å². The van der Waals surface area contributed by atoms with E-state index in [2.05, 4.69) is 15.4 Å². The van der Waals surface area contributed by atoms with Crippen molar-refractivity contribution < 1.29 is 4.79 Å². The molecule has 2 aromatic rings. The molecule has 1 N–H and O–H groups in total. The predicted octanol–water partition coefficient (Wildman–Crippen LogP) is 0.691. The van der Waals surface area contributed by atoms with E-state index in [9.17, 15) is 4.79 Å². The van der Waals surface area contributed by atoms with Crippen LogP contribution in [0.5, 0.6) is 0 Å². The molecule has 0 saturated heterocycles. The van der Waals surface area contributed by atoms with Crippen molar-refractivity contribution >= 4 is 5.91 Å². The van der Waals surface area contributed by atoms with E-state index in [0.717, 1.165) is 11.4 Å². The number of aromatic nitrogens is 3.